The van der Waals surface area contributed by atoms with Gasteiger partial charge in [-0.15, -0.1) is 0 Å². The van der Waals surface area contributed by atoms with Crippen LogP contribution in [0.25, 0.3) is 0 Å². The number of carbonyl (C=O) groups excluding carboxylic acids is 1. The van der Waals surface area contributed by atoms with Gasteiger partial charge in [-0.3, -0.25) is 14.5 Å². The summed E-state index contributed by atoms with van der Waals surface area (Å²) in [6.45, 7) is 6.64. The lowest BCUT2D eigenvalue weighted by Crippen LogP contribution is -2.52. The van der Waals surface area contributed by atoms with E-state index in [0.29, 0.717) is 24.0 Å². The number of carbonyl (C=O) groups is 1. The van der Waals surface area contributed by atoms with Gasteiger partial charge >= 0.3 is 0 Å². The molecule has 6 rings (SSSR count). The second kappa shape index (κ2) is 7.46. The van der Waals surface area contributed by atoms with Crippen molar-refractivity contribution in [1.29, 1.82) is 0 Å². The first-order chi connectivity index (χ1) is 14.7. The van der Waals surface area contributed by atoms with Crippen LogP contribution < -0.4 is 10.9 Å². The SMILES string of the molecule is O=C([C@@H]1CCCNC1)N1C[C@@H]2C[C@H](C1)c1ccc(CN3C[C@H]4C[C@@H]3CO4)c(=O)n1C2. The predicted molar refractivity (Wildman–Crippen MR) is 112 cm³/mol. The van der Waals surface area contributed by atoms with Crippen LogP contribution in [0.4, 0.5) is 0 Å². The fraction of sp³-hybridized carbons (Fsp3) is 0.739. The molecule has 7 heteroatoms. The van der Waals surface area contributed by atoms with E-state index < -0.39 is 0 Å². The molecule has 0 unspecified atom stereocenters. The van der Waals surface area contributed by atoms with E-state index in [1.165, 1.54) is 0 Å². The summed E-state index contributed by atoms with van der Waals surface area (Å²) < 4.78 is 7.73. The highest BCUT2D eigenvalue weighted by Crippen LogP contribution is 2.36. The van der Waals surface area contributed by atoms with E-state index in [1.807, 2.05) is 10.6 Å². The van der Waals surface area contributed by atoms with Crippen molar-refractivity contribution in [2.24, 2.45) is 11.8 Å². The van der Waals surface area contributed by atoms with Gasteiger partial charge in [-0.1, -0.05) is 6.07 Å². The number of aromatic nitrogens is 1. The average molecular weight is 413 g/mol. The molecule has 0 radical (unpaired) electrons. The van der Waals surface area contributed by atoms with Gasteiger partial charge < -0.3 is 19.5 Å². The highest BCUT2D eigenvalue weighted by molar-refractivity contribution is 5.79. The summed E-state index contributed by atoms with van der Waals surface area (Å²) in [5.41, 5.74) is 2.22. The number of fused-ring (bicyclic) bond motifs is 6. The molecule has 4 bridgehead atoms. The molecule has 7 nitrogen and oxygen atoms in total. The van der Waals surface area contributed by atoms with Crippen molar-refractivity contribution in [2.75, 3.05) is 39.3 Å². The van der Waals surface area contributed by atoms with Crippen molar-refractivity contribution < 1.29 is 9.53 Å². The van der Waals surface area contributed by atoms with Crippen molar-refractivity contribution in [3.05, 3.63) is 33.7 Å². The molecule has 1 aromatic rings. The summed E-state index contributed by atoms with van der Waals surface area (Å²) in [6, 6.07) is 4.69. The molecule has 30 heavy (non-hydrogen) atoms. The maximum Gasteiger partial charge on any atom is 0.255 e. The number of likely N-dealkylation sites (tertiary alicyclic amines) is 2. The lowest BCUT2D eigenvalue weighted by molar-refractivity contribution is -0.138. The molecule has 1 N–H and O–H groups in total. The molecule has 0 aromatic carbocycles. The third-order valence-corrected chi connectivity index (χ3v) is 8.03. The number of hydrogen-bond acceptors (Lipinski definition) is 5. The number of morpholine rings is 1. The first-order valence-corrected chi connectivity index (χ1v) is 11.7. The van der Waals surface area contributed by atoms with E-state index in [-0.39, 0.29) is 17.4 Å². The summed E-state index contributed by atoms with van der Waals surface area (Å²) in [5, 5.41) is 3.37. The number of hydrogen-bond donors (Lipinski definition) is 1. The Morgan fingerprint density at radius 2 is 2.10 bits per heavy atom. The Kier molecular flexibility index (Phi) is 4.73. The maximum absolute atomic E-state index is 13.3. The number of amides is 1. The maximum atomic E-state index is 13.3. The smallest absolute Gasteiger partial charge is 0.255 e. The van der Waals surface area contributed by atoms with E-state index in [2.05, 4.69) is 21.2 Å². The van der Waals surface area contributed by atoms with Gasteiger partial charge in [0.15, 0.2) is 0 Å². The lowest BCUT2D eigenvalue weighted by atomic mass is 9.82. The van der Waals surface area contributed by atoms with Crippen LogP contribution in [0.2, 0.25) is 0 Å². The molecule has 4 saturated heterocycles. The van der Waals surface area contributed by atoms with Gasteiger partial charge in [-0.25, -0.2) is 0 Å². The third kappa shape index (κ3) is 3.22. The van der Waals surface area contributed by atoms with Crippen molar-refractivity contribution in [2.45, 2.75) is 56.8 Å². The Hall–Kier alpha value is -1.70. The van der Waals surface area contributed by atoms with Crippen molar-refractivity contribution >= 4 is 5.91 Å². The Bertz CT molecular complexity index is 893. The van der Waals surface area contributed by atoms with Crippen LogP contribution in [-0.4, -0.2) is 71.8 Å². The molecule has 0 aliphatic carbocycles. The molecular weight excluding hydrogens is 380 g/mol. The van der Waals surface area contributed by atoms with Gasteiger partial charge in [0.25, 0.3) is 5.56 Å². The number of nitrogens with zero attached hydrogens (tertiary/aromatic N) is 3. The van der Waals surface area contributed by atoms with E-state index >= 15 is 0 Å². The fourth-order valence-electron chi connectivity index (χ4n) is 6.50. The van der Waals surface area contributed by atoms with Crippen LogP contribution in [-0.2, 0) is 22.6 Å². The zero-order valence-corrected chi connectivity index (χ0v) is 17.6. The zero-order chi connectivity index (χ0) is 20.2. The van der Waals surface area contributed by atoms with Crippen LogP contribution in [0.1, 0.15) is 42.9 Å². The van der Waals surface area contributed by atoms with Gasteiger partial charge in [0, 0.05) is 62.5 Å². The molecule has 5 aliphatic rings. The largest absolute Gasteiger partial charge is 0.375 e. The monoisotopic (exact) mass is 412 g/mol. The van der Waals surface area contributed by atoms with E-state index in [1.54, 1.807) is 0 Å². The minimum Gasteiger partial charge on any atom is -0.375 e. The molecule has 0 spiro atoms. The van der Waals surface area contributed by atoms with Crippen molar-refractivity contribution in [3.63, 3.8) is 0 Å². The average Bonchev–Trinajstić information content (AvgIpc) is 3.39. The lowest BCUT2D eigenvalue weighted by Gasteiger charge is -2.44. The molecule has 0 saturated carbocycles. The number of pyridine rings is 1. The summed E-state index contributed by atoms with van der Waals surface area (Å²) in [6.07, 6.45) is 4.65. The van der Waals surface area contributed by atoms with Gasteiger partial charge in [-0.05, 0) is 44.2 Å². The van der Waals surface area contributed by atoms with Crippen LogP contribution in [0, 0.1) is 11.8 Å². The summed E-state index contributed by atoms with van der Waals surface area (Å²) in [7, 11) is 0. The summed E-state index contributed by atoms with van der Waals surface area (Å²) in [4.78, 5) is 30.9. The van der Waals surface area contributed by atoms with Crippen LogP contribution in [0.15, 0.2) is 16.9 Å². The van der Waals surface area contributed by atoms with Gasteiger partial charge in [0.05, 0.1) is 18.6 Å². The Morgan fingerprint density at radius 1 is 1.17 bits per heavy atom. The highest BCUT2D eigenvalue weighted by atomic mass is 16.5. The quantitative estimate of drug-likeness (QED) is 0.794. The normalized spacial score (nSPS) is 35.5. The van der Waals surface area contributed by atoms with Gasteiger partial charge in [0.1, 0.15) is 0 Å². The van der Waals surface area contributed by atoms with E-state index in [9.17, 15) is 9.59 Å². The topological polar surface area (TPSA) is 66.8 Å². The Labute approximate surface area is 177 Å². The molecule has 6 heterocycles. The van der Waals surface area contributed by atoms with E-state index in [0.717, 1.165) is 89.4 Å². The molecule has 1 aromatic heterocycles. The highest BCUT2D eigenvalue weighted by Gasteiger charge is 2.40. The number of ether oxygens (including phenoxy) is 1. The second-order valence-electron chi connectivity index (χ2n) is 10.1. The first kappa shape index (κ1) is 19.0. The number of rotatable bonds is 3. The minimum atomic E-state index is 0.127. The molecular formula is C23H32N4O3. The number of nitrogens with one attached hydrogen (secondary N) is 1. The molecule has 1 amide bonds. The van der Waals surface area contributed by atoms with Gasteiger partial charge in [0.2, 0.25) is 5.91 Å². The molecule has 162 valence electrons. The Morgan fingerprint density at radius 3 is 2.87 bits per heavy atom. The Balaban J connectivity index is 1.20. The predicted octanol–water partition coefficient (Wildman–Crippen LogP) is 0.767. The van der Waals surface area contributed by atoms with Crippen molar-refractivity contribution in [1.82, 2.24) is 19.7 Å². The molecule has 5 aliphatic heterocycles. The van der Waals surface area contributed by atoms with Gasteiger partial charge in [-0.2, -0.15) is 0 Å². The molecule has 4 fully saturated rings. The first-order valence-electron chi connectivity index (χ1n) is 11.7. The van der Waals surface area contributed by atoms with Crippen LogP contribution in [0.5, 0.6) is 0 Å². The summed E-state index contributed by atoms with van der Waals surface area (Å²) in [5.74, 6) is 1.12. The van der Waals surface area contributed by atoms with Crippen LogP contribution in [0.3, 0.4) is 0 Å². The van der Waals surface area contributed by atoms with Crippen molar-refractivity contribution in [3.8, 4) is 0 Å². The van der Waals surface area contributed by atoms with E-state index in [4.69, 9.17) is 4.74 Å². The molecule has 5 atom stereocenters. The second-order valence-corrected chi connectivity index (χ2v) is 10.1. The van der Waals surface area contributed by atoms with Crippen LogP contribution >= 0.6 is 0 Å². The fourth-order valence-corrected chi connectivity index (χ4v) is 6.50. The number of piperidine rings is 2. The standard InChI is InChI=1S/C23H32N4O3/c28-22(16-2-1-5-24-8-16)26-9-15-6-18(12-26)21-4-3-17(23(29)27(21)10-15)11-25-13-20-7-19(25)14-30-20/h3-4,15-16,18-20,24H,1-2,5-14H2/t15-,16+,18+,19+,20+/m0/s1. The third-order valence-electron chi connectivity index (χ3n) is 8.03. The summed E-state index contributed by atoms with van der Waals surface area (Å²) >= 11 is 0. The minimum absolute atomic E-state index is 0.127. The zero-order valence-electron chi connectivity index (χ0n) is 17.6.